The Hall–Kier alpha value is -3.30. The Morgan fingerprint density at radius 1 is 1.00 bits per heavy atom. The van der Waals surface area contributed by atoms with Crippen molar-refractivity contribution in [1.29, 1.82) is 0 Å². The molecule has 0 spiro atoms. The third-order valence-electron chi connectivity index (χ3n) is 4.40. The molecular weight excluding hydrogens is 446 g/mol. The van der Waals surface area contributed by atoms with Gasteiger partial charge in [0.25, 0.3) is 0 Å². The van der Waals surface area contributed by atoms with Gasteiger partial charge in [-0.05, 0) is 37.3 Å². The van der Waals surface area contributed by atoms with Gasteiger partial charge in [0.1, 0.15) is 16.6 Å². The van der Waals surface area contributed by atoms with E-state index in [-0.39, 0.29) is 19.0 Å². The third kappa shape index (κ3) is 5.30. The Bertz CT molecular complexity index is 1190. The van der Waals surface area contributed by atoms with Crippen LogP contribution in [0, 0.1) is 0 Å². The largest absolute Gasteiger partial charge is 0.493 e. The summed E-state index contributed by atoms with van der Waals surface area (Å²) < 4.78 is 16.4. The van der Waals surface area contributed by atoms with Gasteiger partial charge in [-0.15, -0.1) is 22.7 Å². The van der Waals surface area contributed by atoms with Gasteiger partial charge < -0.3 is 14.2 Å². The second-order valence-electron chi connectivity index (χ2n) is 6.64. The summed E-state index contributed by atoms with van der Waals surface area (Å²) >= 11 is 2.94. The van der Waals surface area contributed by atoms with E-state index in [4.69, 9.17) is 14.2 Å². The highest BCUT2D eigenvalue weighted by molar-refractivity contribution is 7.13. The van der Waals surface area contributed by atoms with Crippen LogP contribution >= 0.6 is 22.7 Å². The smallest absolute Gasteiger partial charge is 0.312 e. The molecule has 0 aliphatic heterocycles. The second-order valence-corrected chi connectivity index (χ2v) is 8.36. The zero-order valence-electron chi connectivity index (χ0n) is 17.6. The van der Waals surface area contributed by atoms with E-state index >= 15 is 0 Å². The predicted molar refractivity (Wildman–Crippen MR) is 124 cm³/mol. The number of aromatic nitrogens is 3. The molecule has 0 radical (unpaired) electrons. The summed E-state index contributed by atoms with van der Waals surface area (Å²) in [5.74, 6) is 0.999. The maximum Gasteiger partial charge on any atom is 0.312 e. The summed E-state index contributed by atoms with van der Waals surface area (Å²) in [4.78, 5) is 25.6. The van der Waals surface area contributed by atoms with Crippen molar-refractivity contribution >= 4 is 28.6 Å². The van der Waals surface area contributed by atoms with E-state index in [2.05, 4.69) is 15.0 Å². The first-order valence-electron chi connectivity index (χ1n) is 9.93. The molecule has 0 atom stereocenters. The average Bonchev–Trinajstić information content (AvgIpc) is 3.49. The molecule has 0 aliphatic carbocycles. The molecule has 0 aliphatic rings. The number of hydrogen-bond acceptors (Lipinski definition) is 9. The molecule has 4 rings (SSSR count). The highest BCUT2D eigenvalue weighted by atomic mass is 32.1. The minimum Gasteiger partial charge on any atom is -0.493 e. The predicted octanol–water partition coefficient (Wildman–Crippen LogP) is 5.02. The highest BCUT2D eigenvalue weighted by Crippen LogP contribution is 2.34. The van der Waals surface area contributed by atoms with E-state index < -0.39 is 0 Å². The molecule has 0 saturated carbocycles. The molecule has 0 saturated heterocycles. The van der Waals surface area contributed by atoms with Crippen LogP contribution in [-0.2, 0) is 22.6 Å². The number of carbonyl (C=O) groups is 1. The van der Waals surface area contributed by atoms with Crippen molar-refractivity contribution < 1.29 is 19.0 Å². The number of carbonyl (C=O) groups excluding carboxylic acids is 1. The van der Waals surface area contributed by atoms with Crippen LogP contribution < -0.4 is 9.47 Å². The Morgan fingerprint density at radius 2 is 1.81 bits per heavy atom. The number of esters is 1. The fourth-order valence-corrected chi connectivity index (χ4v) is 4.53. The quantitative estimate of drug-likeness (QED) is 0.320. The van der Waals surface area contributed by atoms with E-state index in [9.17, 15) is 4.79 Å². The van der Waals surface area contributed by atoms with E-state index in [1.165, 1.54) is 22.7 Å². The highest BCUT2D eigenvalue weighted by Gasteiger charge is 2.13. The first-order valence-corrected chi connectivity index (χ1v) is 11.7. The number of ether oxygens (including phenoxy) is 3. The molecule has 9 heteroatoms. The standard InChI is InChI=1S/C23H21N3O4S2/c1-3-29-19-8-7-15(10-20(19)28-2)22-26-17(14-31-22)12-30-21(27)11-16-13-32-23(25-16)18-6-4-5-9-24-18/h4-10,13-14H,3,11-12H2,1-2H3. The number of rotatable bonds is 9. The van der Waals surface area contributed by atoms with Crippen molar-refractivity contribution in [2.75, 3.05) is 13.7 Å². The molecule has 32 heavy (non-hydrogen) atoms. The van der Waals surface area contributed by atoms with Gasteiger partial charge in [-0.2, -0.15) is 0 Å². The van der Waals surface area contributed by atoms with Crippen molar-refractivity contribution in [3.8, 4) is 32.8 Å². The summed E-state index contributed by atoms with van der Waals surface area (Å²) in [6.07, 6.45) is 1.83. The van der Waals surface area contributed by atoms with Crippen LogP contribution in [0.4, 0.5) is 0 Å². The molecule has 0 bridgehead atoms. The summed E-state index contributed by atoms with van der Waals surface area (Å²) in [7, 11) is 1.61. The van der Waals surface area contributed by atoms with E-state index in [1.807, 2.05) is 54.1 Å². The lowest BCUT2D eigenvalue weighted by Crippen LogP contribution is -2.08. The maximum atomic E-state index is 12.3. The molecule has 7 nitrogen and oxygen atoms in total. The van der Waals surface area contributed by atoms with Crippen LogP contribution in [0.3, 0.4) is 0 Å². The molecular formula is C23H21N3O4S2. The van der Waals surface area contributed by atoms with Crippen molar-refractivity contribution in [3.05, 3.63) is 64.7 Å². The normalized spacial score (nSPS) is 10.7. The van der Waals surface area contributed by atoms with Crippen molar-refractivity contribution in [2.45, 2.75) is 20.0 Å². The third-order valence-corrected chi connectivity index (χ3v) is 6.26. The van der Waals surface area contributed by atoms with Crippen LogP contribution in [0.15, 0.2) is 53.4 Å². The number of methoxy groups -OCH3 is 1. The van der Waals surface area contributed by atoms with Crippen LogP contribution in [0.2, 0.25) is 0 Å². The lowest BCUT2D eigenvalue weighted by atomic mass is 10.2. The summed E-state index contributed by atoms with van der Waals surface area (Å²) in [5, 5.41) is 5.33. The number of nitrogens with zero attached hydrogens (tertiary/aromatic N) is 3. The van der Waals surface area contributed by atoms with Gasteiger partial charge in [-0.25, -0.2) is 9.97 Å². The lowest BCUT2D eigenvalue weighted by Gasteiger charge is -2.09. The van der Waals surface area contributed by atoms with Gasteiger partial charge in [0.15, 0.2) is 11.5 Å². The SMILES string of the molecule is CCOc1ccc(-c2nc(COC(=O)Cc3csc(-c4ccccn4)n3)cs2)cc1OC. The van der Waals surface area contributed by atoms with Crippen molar-refractivity contribution in [2.24, 2.45) is 0 Å². The van der Waals surface area contributed by atoms with Gasteiger partial charge in [0, 0.05) is 22.5 Å². The maximum absolute atomic E-state index is 12.3. The number of thiazole rings is 2. The Kier molecular flexibility index (Phi) is 7.08. The van der Waals surface area contributed by atoms with Crippen LogP contribution in [0.25, 0.3) is 21.3 Å². The summed E-state index contributed by atoms with van der Waals surface area (Å²) in [5.41, 5.74) is 3.07. The lowest BCUT2D eigenvalue weighted by molar-refractivity contribution is -0.144. The Morgan fingerprint density at radius 3 is 2.59 bits per heavy atom. The second kappa shape index (κ2) is 10.3. The van der Waals surface area contributed by atoms with Crippen LogP contribution in [0.5, 0.6) is 11.5 Å². The molecule has 3 heterocycles. The zero-order chi connectivity index (χ0) is 22.3. The Balaban J connectivity index is 1.34. The van der Waals surface area contributed by atoms with Gasteiger partial charge in [0.05, 0.1) is 37.2 Å². The molecule has 0 fully saturated rings. The van der Waals surface area contributed by atoms with Gasteiger partial charge >= 0.3 is 5.97 Å². The Labute approximate surface area is 193 Å². The molecule has 1 aromatic carbocycles. The first kappa shape index (κ1) is 21.9. The molecule has 4 aromatic rings. The number of hydrogen-bond donors (Lipinski definition) is 0. The average molecular weight is 468 g/mol. The fraction of sp³-hybridized carbons (Fsp3) is 0.217. The van der Waals surface area contributed by atoms with Crippen LogP contribution in [-0.4, -0.2) is 34.6 Å². The summed E-state index contributed by atoms with van der Waals surface area (Å²) in [6, 6.07) is 11.3. The van der Waals surface area contributed by atoms with E-state index in [0.717, 1.165) is 21.3 Å². The molecule has 0 N–H and O–H groups in total. The minimum atomic E-state index is -0.347. The summed E-state index contributed by atoms with van der Waals surface area (Å²) in [6.45, 7) is 2.60. The molecule has 0 amide bonds. The molecule has 164 valence electrons. The van der Waals surface area contributed by atoms with E-state index in [0.29, 0.717) is 29.5 Å². The van der Waals surface area contributed by atoms with Gasteiger partial charge in [-0.1, -0.05) is 6.07 Å². The molecule has 0 unspecified atom stereocenters. The van der Waals surface area contributed by atoms with Crippen LogP contribution in [0.1, 0.15) is 18.3 Å². The number of pyridine rings is 1. The fourth-order valence-electron chi connectivity index (χ4n) is 2.93. The topological polar surface area (TPSA) is 83.4 Å². The van der Waals surface area contributed by atoms with E-state index in [1.54, 1.807) is 13.3 Å². The van der Waals surface area contributed by atoms with Crippen molar-refractivity contribution in [3.63, 3.8) is 0 Å². The monoisotopic (exact) mass is 467 g/mol. The number of benzene rings is 1. The zero-order valence-corrected chi connectivity index (χ0v) is 19.2. The van der Waals surface area contributed by atoms with Gasteiger partial charge in [0.2, 0.25) is 0 Å². The van der Waals surface area contributed by atoms with Gasteiger partial charge in [-0.3, -0.25) is 9.78 Å². The molecule has 3 aromatic heterocycles. The first-order chi connectivity index (χ1) is 15.7. The van der Waals surface area contributed by atoms with Crippen molar-refractivity contribution in [1.82, 2.24) is 15.0 Å². The minimum absolute atomic E-state index is 0.108.